The number of hydrogen-bond donors (Lipinski definition) is 0. The van der Waals surface area contributed by atoms with Gasteiger partial charge in [0, 0.05) is 25.1 Å². The van der Waals surface area contributed by atoms with Crippen molar-refractivity contribution in [3.8, 4) is 17.4 Å². The molecular weight excluding hydrogens is 494 g/mol. The maximum atomic E-state index is 13.2. The molecule has 2 aliphatic heterocycles. The summed E-state index contributed by atoms with van der Waals surface area (Å²) < 4.78 is 95.2. The number of halogens is 6. The highest BCUT2D eigenvalue weighted by Crippen LogP contribution is 2.39. The fourth-order valence-corrected chi connectivity index (χ4v) is 4.11. The standard InChI is InChI=1S/C24H26F6N2O4/c1-14(2)11-34-21-7-15(23(25,26)27)3-5-20(21)36-32-17-8-19(9-18(32)13-33-12-17)35-22-6-4-16(10-31-22)24(28,29)30/h3-7,10,14,17-19H,8-9,11-13H2,1-2H3/t17-,18-/m0/s1. The van der Waals surface area contributed by atoms with E-state index < -0.39 is 23.5 Å². The largest absolute Gasteiger partial charge is 0.489 e. The lowest BCUT2D eigenvalue weighted by Crippen LogP contribution is -2.60. The number of piperidine rings is 1. The number of aromatic nitrogens is 1. The molecule has 0 N–H and O–H groups in total. The van der Waals surface area contributed by atoms with Crippen LogP contribution < -0.4 is 14.3 Å². The Morgan fingerprint density at radius 1 is 0.944 bits per heavy atom. The molecule has 3 heterocycles. The van der Waals surface area contributed by atoms with Gasteiger partial charge in [0.15, 0.2) is 11.5 Å². The highest BCUT2D eigenvalue weighted by molar-refractivity contribution is 5.44. The zero-order chi connectivity index (χ0) is 26.1. The summed E-state index contributed by atoms with van der Waals surface area (Å²) in [5, 5.41) is 1.69. The topological polar surface area (TPSA) is 53.1 Å². The van der Waals surface area contributed by atoms with Gasteiger partial charge in [-0.25, -0.2) is 4.98 Å². The molecule has 0 unspecified atom stereocenters. The van der Waals surface area contributed by atoms with Crippen LogP contribution in [0, 0.1) is 5.92 Å². The normalized spacial score (nSPS) is 23.0. The molecule has 0 aliphatic carbocycles. The van der Waals surface area contributed by atoms with Gasteiger partial charge >= 0.3 is 12.4 Å². The lowest BCUT2D eigenvalue weighted by molar-refractivity contribution is -0.223. The molecule has 0 amide bonds. The van der Waals surface area contributed by atoms with Crippen LogP contribution in [0.25, 0.3) is 0 Å². The quantitative estimate of drug-likeness (QED) is 0.433. The van der Waals surface area contributed by atoms with E-state index in [2.05, 4.69) is 4.98 Å². The number of ether oxygens (including phenoxy) is 3. The molecule has 2 bridgehead atoms. The molecule has 6 nitrogen and oxygen atoms in total. The molecular formula is C24H26F6N2O4. The van der Waals surface area contributed by atoms with Crippen molar-refractivity contribution < 1.29 is 45.4 Å². The van der Waals surface area contributed by atoms with E-state index in [0.29, 0.717) is 26.1 Å². The lowest BCUT2D eigenvalue weighted by Gasteiger charge is -2.46. The third-order valence-corrected chi connectivity index (χ3v) is 5.81. The first kappa shape index (κ1) is 26.3. The summed E-state index contributed by atoms with van der Waals surface area (Å²) in [6, 6.07) is 4.61. The molecule has 2 saturated heterocycles. The second-order valence-electron chi connectivity index (χ2n) is 9.25. The van der Waals surface area contributed by atoms with E-state index in [-0.39, 0.29) is 48.1 Å². The third-order valence-electron chi connectivity index (χ3n) is 5.81. The fourth-order valence-electron chi connectivity index (χ4n) is 4.11. The molecule has 2 aliphatic rings. The van der Waals surface area contributed by atoms with E-state index in [4.69, 9.17) is 19.0 Å². The highest BCUT2D eigenvalue weighted by atomic mass is 19.4. The van der Waals surface area contributed by atoms with Gasteiger partial charge in [-0.1, -0.05) is 13.8 Å². The number of fused-ring (bicyclic) bond motifs is 2. The summed E-state index contributed by atoms with van der Waals surface area (Å²) in [6.45, 7) is 4.56. The fraction of sp³-hybridized carbons (Fsp3) is 0.542. The first-order valence-corrected chi connectivity index (χ1v) is 11.5. The van der Waals surface area contributed by atoms with E-state index >= 15 is 0 Å². The van der Waals surface area contributed by atoms with E-state index in [0.717, 1.165) is 24.4 Å². The number of alkyl halides is 6. The van der Waals surface area contributed by atoms with Gasteiger partial charge < -0.3 is 19.0 Å². The zero-order valence-corrected chi connectivity index (χ0v) is 19.6. The average Bonchev–Trinajstić information content (AvgIpc) is 2.78. The van der Waals surface area contributed by atoms with Gasteiger partial charge in [0.1, 0.15) is 6.10 Å². The minimum Gasteiger partial charge on any atom is -0.489 e. The Hall–Kier alpha value is -2.73. The molecule has 0 spiro atoms. The first-order chi connectivity index (χ1) is 16.9. The molecule has 4 rings (SSSR count). The summed E-state index contributed by atoms with van der Waals surface area (Å²) in [5.74, 6) is 0.314. The summed E-state index contributed by atoms with van der Waals surface area (Å²) in [4.78, 5) is 9.84. The van der Waals surface area contributed by atoms with Crippen LogP contribution in [0.2, 0.25) is 0 Å². The van der Waals surface area contributed by atoms with Crippen LogP contribution in [0.5, 0.6) is 17.4 Å². The van der Waals surface area contributed by atoms with Crippen molar-refractivity contribution in [1.29, 1.82) is 0 Å². The van der Waals surface area contributed by atoms with E-state index in [1.54, 1.807) is 5.06 Å². The second-order valence-corrected chi connectivity index (χ2v) is 9.25. The summed E-state index contributed by atoms with van der Waals surface area (Å²) in [6.07, 6.45) is -7.80. The molecule has 198 valence electrons. The van der Waals surface area contributed by atoms with Gasteiger partial charge in [0.2, 0.25) is 5.88 Å². The number of pyridine rings is 1. The Bertz CT molecular complexity index is 1010. The zero-order valence-electron chi connectivity index (χ0n) is 19.6. The maximum absolute atomic E-state index is 13.2. The van der Waals surface area contributed by atoms with Gasteiger partial charge in [-0.15, -0.1) is 5.06 Å². The van der Waals surface area contributed by atoms with Crippen molar-refractivity contribution >= 4 is 0 Å². The van der Waals surface area contributed by atoms with E-state index in [1.807, 2.05) is 13.8 Å². The Balaban J connectivity index is 1.47. The Labute approximate surface area is 204 Å². The number of benzene rings is 1. The summed E-state index contributed by atoms with van der Waals surface area (Å²) in [7, 11) is 0. The molecule has 12 heteroatoms. The predicted molar refractivity (Wildman–Crippen MR) is 116 cm³/mol. The van der Waals surface area contributed by atoms with Crippen molar-refractivity contribution in [3.63, 3.8) is 0 Å². The molecule has 2 fully saturated rings. The Morgan fingerprint density at radius 2 is 1.58 bits per heavy atom. The van der Waals surface area contributed by atoms with Gasteiger partial charge in [0.05, 0.1) is 43.0 Å². The number of rotatable bonds is 7. The van der Waals surface area contributed by atoms with Crippen molar-refractivity contribution in [2.24, 2.45) is 5.92 Å². The average molecular weight is 520 g/mol. The van der Waals surface area contributed by atoms with Crippen LogP contribution in [-0.4, -0.2) is 48.1 Å². The Morgan fingerprint density at radius 3 is 2.14 bits per heavy atom. The van der Waals surface area contributed by atoms with E-state index in [1.165, 1.54) is 12.1 Å². The molecule has 36 heavy (non-hydrogen) atoms. The number of nitrogens with zero attached hydrogens (tertiary/aromatic N) is 2. The summed E-state index contributed by atoms with van der Waals surface area (Å²) in [5.41, 5.74) is -1.70. The molecule has 1 aromatic heterocycles. The number of hydrogen-bond acceptors (Lipinski definition) is 6. The minimum absolute atomic E-state index is 0.00940. The molecule has 0 saturated carbocycles. The van der Waals surface area contributed by atoms with Crippen molar-refractivity contribution in [2.45, 2.75) is 57.2 Å². The van der Waals surface area contributed by atoms with Crippen LogP contribution in [0.1, 0.15) is 37.8 Å². The lowest BCUT2D eigenvalue weighted by atomic mass is 9.94. The van der Waals surface area contributed by atoms with Crippen LogP contribution in [-0.2, 0) is 17.1 Å². The van der Waals surface area contributed by atoms with Crippen molar-refractivity contribution in [1.82, 2.24) is 10.0 Å². The van der Waals surface area contributed by atoms with Crippen LogP contribution in [0.15, 0.2) is 36.5 Å². The van der Waals surface area contributed by atoms with Crippen molar-refractivity contribution in [2.75, 3.05) is 19.8 Å². The monoisotopic (exact) mass is 520 g/mol. The minimum atomic E-state index is -4.53. The molecule has 2 atom stereocenters. The van der Waals surface area contributed by atoms with E-state index in [9.17, 15) is 26.3 Å². The van der Waals surface area contributed by atoms with Crippen LogP contribution in [0.3, 0.4) is 0 Å². The molecule has 2 aromatic rings. The SMILES string of the molecule is CC(C)COc1cc(C(F)(F)F)ccc1ON1[C@@H]2COC[C@@H]1CC(Oc1ccc(C(F)(F)F)cn1)C2. The number of hydroxylamine groups is 2. The number of morpholine rings is 1. The third kappa shape index (κ3) is 6.33. The first-order valence-electron chi connectivity index (χ1n) is 11.5. The molecule has 1 aromatic carbocycles. The summed E-state index contributed by atoms with van der Waals surface area (Å²) >= 11 is 0. The predicted octanol–water partition coefficient (Wildman–Crippen LogP) is 5.76. The smallest absolute Gasteiger partial charge is 0.417 e. The van der Waals surface area contributed by atoms with Gasteiger partial charge in [-0.2, -0.15) is 26.3 Å². The van der Waals surface area contributed by atoms with Crippen LogP contribution >= 0.6 is 0 Å². The second kappa shape index (κ2) is 10.3. The van der Waals surface area contributed by atoms with Crippen molar-refractivity contribution in [3.05, 3.63) is 47.7 Å². The van der Waals surface area contributed by atoms with Crippen LogP contribution in [0.4, 0.5) is 26.3 Å². The maximum Gasteiger partial charge on any atom is 0.417 e. The van der Waals surface area contributed by atoms with Gasteiger partial charge in [-0.05, 0) is 30.2 Å². The Kier molecular flexibility index (Phi) is 7.56. The van der Waals surface area contributed by atoms with Gasteiger partial charge in [-0.3, -0.25) is 0 Å². The highest BCUT2D eigenvalue weighted by Gasteiger charge is 2.43. The molecule has 0 radical (unpaired) electrons. The van der Waals surface area contributed by atoms with Gasteiger partial charge in [0.25, 0.3) is 0 Å².